The summed E-state index contributed by atoms with van der Waals surface area (Å²) in [7, 11) is 0. The molecular weight excluding hydrogens is 314 g/mol. The van der Waals surface area contributed by atoms with Crippen LogP contribution >= 0.6 is 15.9 Å². The quantitative estimate of drug-likeness (QED) is 0.792. The van der Waals surface area contributed by atoms with Crippen molar-refractivity contribution in [3.8, 4) is 0 Å². The number of rotatable bonds is 3. The Labute approximate surface area is 126 Å². The van der Waals surface area contributed by atoms with Crippen LogP contribution in [0.5, 0.6) is 0 Å². The van der Waals surface area contributed by atoms with Crippen molar-refractivity contribution in [2.45, 2.75) is 19.5 Å². The number of halogens is 1. The molecule has 3 aromatic rings. The minimum Gasteiger partial charge on any atom is -0.319 e. The van der Waals surface area contributed by atoms with Crippen molar-refractivity contribution in [1.82, 2.24) is 9.78 Å². The summed E-state index contributed by atoms with van der Waals surface area (Å²) >= 11 is 3.56. The Morgan fingerprint density at radius 2 is 1.95 bits per heavy atom. The molecule has 0 spiro atoms. The van der Waals surface area contributed by atoms with E-state index in [-0.39, 0.29) is 6.04 Å². The van der Waals surface area contributed by atoms with Crippen molar-refractivity contribution in [3.63, 3.8) is 0 Å². The second-order valence-electron chi connectivity index (χ2n) is 4.74. The van der Waals surface area contributed by atoms with Crippen LogP contribution in [0.25, 0.3) is 10.8 Å². The fourth-order valence-corrected chi connectivity index (χ4v) is 3.14. The molecule has 0 saturated carbocycles. The smallest absolute Gasteiger partial charge is 0.0740 e. The Morgan fingerprint density at radius 3 is 2.75 bits per heavy atom. The standard InChI is InChI=1S/C16H16BrN3/c1-2-20-16(14(17)10-19-20)15(18)13-9-5-7-11-6-3-4-8-12(11)13/h3-10,15H,2,18H2,1H3. The van der Waals surface area contributed by atoms with Gasteiger partial charge in [-0.2, -0.15) is 5.10 Å². The molecule has 2 aromatic carbocycles. The van der Waals surface area contributed by atoms with E-state index in [9.17, 15) is 0 Å². The third kappa shape index (κ3) is 2.15. The van der Waals surface area contributed by atoms with Crippen LogP contribution in [-0.4, -0.2) is 9.78 Å². The molecule has 0 aliphatic carbocycles. The highest BCUT2D eigenvalue weighted by Crippen LogP contribution is 2.31. The predicted molar refractivity (Wildman–Crippen MR) is 85.6 cm³/mol. The first-order valence-electron chi connectivity index (χ1n) is 6.66. The molecule has 0 bridgehead atoms. The molecule has 0 aliphatic rings. The Bertz CT molecular complexity index is 743. The van der Waals surface area contributed by atoms with Crippen molar-refractivity contribution in [2.75, 3.05) is 0 Å². The maximum Gasteiger partial charge on any atom is 0.0740 e. The lowest BCUT2D eigenvalue weighted by Crippen LogP contribution is -2.18. The van der Waals surface area contributed by atoms with Crippen molar-refractivity contribution in [3.05, 3.63) is 64.4 Å². The van der Waals surface area contributed by atoms with Gasteiger partial charge in [0.05, 0.1) is 22.4 Å². The molecule has 1 unspecified atom stereocenters. The number of nitrogens with two attached hydrogens (primary N) is 1. The molecular formula is C16H16BrN3. The highest BCUT2D eigenvalue weighted by molar-refractivity contribution is 9.10. The van der Waals surface area contributed by atoms with Gasteiger partial charge < -0.3 is 5.73 Å². The molecule has 0 fully saturated rings. The molecule has 3 rings (SSSR count). The highest BCUT2D eigenvalue weighted by atomic mass is 79.9. The normalized spacial score (nSPS) is 12.8. The van der Waals surface area contributed by atoms with E-state index in [0.29, 0.717) is 0 Å². The van der Waals surface area contributed by atoms with Crippen LogP contribution in [0, 0.1) is 0 Å². The van der Waals surface area contributed by atoms with Gasteiger partial charge in [0.2, 0.25) is 0 Å². The zero-order chi connectivity index (χ0) is 14.1. The topological polar surface area (TPSA) is 43.8 Å². The maximum absolute atomic E-state index is 6.51. The lowest BCUT2D eigenvalue weighted by molar-refractivity contribution is 0.600. The molecule has 0 radical (unpaired) electrons. The first kappa shape index (κ1) is 13.3. The zero-order valence-corrected chi connectivity index (χ0v) is 12.8. The van der Waals surface area contributed by atoms with Crippen LogP contribution in [0.4, 0.5) is 0 Å². The van der Waals surface area contributed by atoms with Crippen LogP contribution in [0.2, 0.25) is 0 Å². The van der Waals surface area contributed by atoms with Crippen LogP contribution < -0.4 is 5.73 Å². The summed E-state index contributed by atoms with van der Waals surface area (Å²) in [5.74, 6) is 0. The third-order valence-electron chi connectivity index (χ3n) is 3.59. The summed E-state index contributed by atoms with van der Waals surface area (Å²) < 4.78 is 2.90. The Hall–Kier alpha value is -1.65. The number of benzene rings is 2. The van der Waals surface area contributed by atoms with E-state index in [1.807, 2.05) is 23.0 Å². The van der Waals surface area contributed by atoms with Gasteiger partial charge in [0.25, 0.3) is 0 Å². The fourth-order valence-electron chi connectivity index (χ4n) is 2.60. The lowest BCUT2D eigenvalue weighted by Gasteiger charge is -2.17. The number of hydrogen-bond acceptors (Lipinski definition) is 2. The molecule has 1 atom stereocenters. The summed E-state index contributed by atoms with van der Waals surface area (Å²) in [6.45, 7) is 2.87. The average molecular weight is 330 g/mol. The molecule has 4 heteroatoms. The molecule has 1 heterocycles. The molecule has 102 valence electrons. The Balaban J connectivity index is 2.17. The molecule has 0 aliphatic heterocycles. The first-order valence-corrected chi connectivity index (χ1v) is 7.46. The van der Waals surface area contributed by atoms with E-state index < -0.39 is 0 Å². The van der Waals surface area contributed by atoms with Gasteiger partial charge in [-0.25, -0.2) is 0 Å². The minimum absolute atomic E-state index is 0.196. The summed E-state index contributed by atoms with van der Waals surface area (Å²) in [6.07, 6.45) is 1.81. The van der Waals surface area contributed by atoms with E-state index in [0.717, 1.165) is 22.3 Å². The van der Waals surface area contributed by atoms with Gasteiger partial charge in [-0.15, -0.1) is 0 Å². The summed E-state index contributed by atoms with van der Waals surface area (Å²) in [5.41, 5.74) is 8.65. The Kier molecular flexibility index (Phi) is 3.59. The first-order chi connectivity index (χ1) is 9.72. The van der Waals surface area contributed by atoms with E-state index in [1.54, 1.807) is 0 Å². The van der Waals surface area contributed by atoms with E-state index in [1.165, 1.54) is 10.8 Å². The lowest BCUT2D eigenvalue weighted by atomic mass is 9.97. The molecule has 0 saturated heterocycles. The molecule has 2 N–H and O–H groups in total. The van der Waals surface area contributed by atoms with Gasteiger partial charge >= 0.3 is 0 Å². The third-order valence-corrected chi connectivity index (χ3v) is 4.20. The minimum atomic E-state index is -0.196. The molecule has 0 amide bonds. The summed E-state index contributed by atoms with van der Waals surface area (Å²) in [4.78, 5) is 0. The average Bonchev–Trinajstić information content (AvgIpc) is 2.87. The van der Waals surface area contributed by atoms with E-state index in [4.69, 9.17) is 5.73 Å². The van der Waals surface area contributed by atoms with E-state index >= 15 is 0 Å². The van der Waals surface area contributed by atoms with Crippen LogP contribution in [0.3, 0.4) is 0 Å². The van der Waals surface area contributed by atoms with Gasteiger partial charge in [-0.05, 0) is 39.2 Å². The van der Waals surface area contributed by atoms with Crippen LogP contribution in [0.1, 0.15) is 24.2 Å². The van der Waals surface area contributed by atoms with Gasteiger partial charge in [0, 0.05) is 6.54 Å². The van der Waals surface area contributed by atoms with Crippen LogP contribution in [0.15, 0.2) is 53.1 Å². The van der Waals surface area contributed by atoms with Crippen molar-refractivity contribution < 1.29 is 0 Å². The molecule has 20 heavy (non-hydrogen) atoms. The number of hydrogen-bond donors (Lipinski definition) is 1. The van der Waals surface area contributed by atoms with E-state index in [2.05, 4.69) is 58.3 Å². The SMILES string of the molecule is CCn1ncc(Br)c1C(N)c1cccc2ccccc12. The molecule has 1 aromatic heterocycles. The largest absolute Gasteiger partial charge is 0.319 e. The number of aromatic nitrogens is 2. The highest BCUT2D eigenvalue weighted by Gasteiger charge is 2.19. The van der Waals surface area contributed by atoms with Crippen molar-refractivity contribution in [1.29, 1.82) is 0 Å². The van der Waals surface area contributed by atoms with Crippen molar-refractivity contribution >= 4 is 26.7 Å². The maximum atomic E-state index is 6.51. The number of nitrogens with zero attached hydrogens (tertiary/aromatic N) is 2. The van der Waals surface area contributed by atoms with Gasteiger partial charge in [-0.1, -0.05) is 42.5 Å². The second kappa shape index (κ2) is 5.38. The Morgan fingerprint density at radius 1 is 1.20 bits per heavy atom. The van der Waals surface area contributed by atoms with Gasteiger partial charge in [-0.3, -0.25) is 4.68 Å². The second-order valence-corrected chi connectivity index (χ2v) is 5.59. The summed E-state index contributed by atoms with van der Waals surface area (Å²) in [6, 6.07) is 14.4. The zero-order valence-electron chi connectivity index (χ0n) is 11.3. The number of fused-ring (bicyclic) bond motifs is 1. The number of aryl methyl sites for hydroxylation is 1. The monoisotopic (exact) mass is 329 g/mol. The van der Waals surface area contributed by atoms with Crippen molar-refractivity contribution in [2.24, 2.45) is 5.73 Å². The van der Waals surface area contributed by atoms with Gasteiger partial charge in [0.1, 0.15) is 0 Å². The molecule has 3 nitrogen and oxygen atoms in total. The predicted octanol–water partition coefficient (Wildman–Crippen LogP) is 3.87. The summed E-state index contributed by atoms with van der Waals surface area (Å²) in [5, 5.41) is 6.75. The van der Waals surface area contributed by atoms with Gasteiger partial charge in [0.15, 0.2) is 0 Å². The fraction of sp³-hybridized carbons (Fsp3) is 0.188. The van der Waals surface area contributed by atoms with Crippen LogP contribution in [-0.2, 0) is 6.54 Å².